The van der Waals surface area contributed by atoms with Crippen molar-refractivity contribution in [3.63, 3.8) is 0 Å². The first-order valence-corrected chi connectivity index (χ1v) is 4.58. The van der Waals surface area contributed by atoms with Crippen molar-refractivity contribution in [2.24, 2.45) is 0 Å². The fourth-order valence-corrected chi connectivity index (χ4v) is 1.27. The van der Waals surface area contributed by atoms with Crippen LogP contribution in [0.5, 0.6) is 0 Å². The van der Waals surface area contributed by atoms with Crippen LogP contribution in [0.1, 0.15) is 23.6 Å². The summed E-state index contributed by atoms with van der Waals surface area (Å²) in [4.78, 5) is 0. The summed E-state index contributed by atoms with van der Waals surface area (Å²) in [6.45, 7) is 7.95. The molecule has 0 radical (unpaired) electrons. The molecule has 0 aromatic heterocycles. The molecule has 0 fully saturated rings. The Morgan fingerprint density at radius 1 is 1.50 bits per heavy atom. The van der Waals surface area contributed by atoms with Crippen LogP contribution in [0.2, 0.25) is 0 Å². The van der Waals surface area contributed by atoms with Gasteiger partial charge >= 0.3 is 0 Å². The van der Waals surface area contributed by atoms with E-state index in [4.69, 9.17) is 6.42 Å². The molecule has 0 saturated carbocycles. The van der Waals surface area contributed by atoms with Gasteiger partial charge in [0.05, 0.1) is 0 Å². The summed E-state index contributed by atoms with van der Waals surface area (Å²) in [5.74, 6) is 2.67. The van der Waals surface area contributed by atoms with E-state index in [9.17, 15) is 0 Å². The van der Waals surface area contributed by atoms with Crippen LogP contribution in [-0.2, 0) is 0 Å². The number of terminal acetylenes is 1. The van der Waals surface area contributed by atoms with Gasteiger partial charge in [-0.1, -0.05) is 36.8 Å². The molecule has 0 heteroatoms. The van der Waals surface area contributed by atoms with Gasteiger partial charge in [0.15, 0.2) is 0 Å². The van der Waals surface area contributed by atoms with Gasteiger partial charge < -0.3 is 0 Å². The average Bonchev–Trinajstić information content (AvgIpc) is 2.19. The Labute approximate surface area is 86.0 Å². The van der Waals surface area contributed by atoms with E-state index < -0.39 is 0 Å². The van der Waals surface area contributed by atoms with Crippen molar-refractivity contribution in [3.8, 4) is 12.3 Å². The van der Waals surface area contributed by atoms with E-state index in [1.807, 2.05) is 44.2 Å². The third kappa shape index (κ3) is 2.14. The third-order valence-electron chi connectivity index (χ3n) is 2.13. The van der Waals surface area contributed by atoms with Crippen LogP contribution < -0.4 is 0 Å². The van der Waals surface area contributed by atoms with Crippen LogP contribution in [0, 0.1) is 19.3 Å². The fourth-order valence-electron chi connectivity index (χ4n) is 1.27. The third-order valence-corrected chi connectivity index (χ3v) is 2.13. The number of allylic oxidation sites excluding steroid dienone is 3. The van der Waals surface area contributed by atoms with Crippen LogP contribution in [0.3, 0.4) is 0 Å². The van der Waals surface area contributed by atoms with Gasteiger partial charge in [-0.05, 0) is 36.6 Å². The van der Waals surface area contributed by atoms with Crippen molar-refractivity contribution in [2.45, 2.75) is 13.8 Å². The molecule has 0 aliphatic carbocycles. The molecule has 1 aromatic carbocycles. The molecule has 70 valence electrons. The standard InChI is InChI=1S/C14H14/c1-5-7-11(3)14-9-8-12(4)13(6-2)10-14/h2,5,7-10H,3H2,1,4H3/b7-5-. The Morgan fingerprint density at radius 2 is 2.21 bits per heavy atom. The van der Waals surface area contributed by atoms with Gasteiger partial charge in [-0.3, -0.25) is 0 Å². The molecule has 0 amide bonds. The van der Waals surface area contributed by atoms with Crippen molar-refractivity contribution >= 4 is 5.57 Å². The van der Waals surface area contributed by atoms with Crippen molar-refractivity contribution in [3.05, 3.63) is 53.6 Å². The molecule has 0 nitrogen and oxygen atoms in total. The monoisotopic (exact) mass is 182 g/mol. The lowest BCUT2D eigenvalue weighted by Gasteiger charge is -2.03. The average molecular weight is 182 g/mol. The molecule has 0 N–H and O–H groups in total. The maximum Gasteiger partial charge on any atom is 0.0277 e. The molecule has 0 bridgehead atoms. The maximum absolute atomic E-state index is 5.40. The molecular formula is C14H14. The lowest BCUT2D eigenvalue weighted by molar-refractivity contribution is 1.42. The van der Waals surface area contributed by atoms with E-state index in [0.29, 0.717) is 0 Å². The lowest BCUT2D eigenvalue weighted by Crippen LogP contribution is -1.85. The van der Waals surface area contributed by atoms with Crippen molar-refractivity contribution in [1.29, 1.82) is 0 Å². The van der Waals surface area contributed by atoms with Crippen molar-refractivity contribution < 1.29 is 0 Å². The SMILES string of the molecule is C#Cc1cc(C(=C)/C=C\C)ccc1C. The predicted molar refractivity (Wildman–Crippen MR) is 63.0 cm³/mol. The summed E-state index contributed by atoms with van der Waals surface area (Å²) in [6.07, 6.45) is 9.34. The molecule has 0 spiro atoms. The topological polar surface area (TPSA) is 0 Å². The van der Waals surface area contributed by atoms with Gasteiger partial charge in [0.1, 0.15) is 0 Å². The van der Waals surface area contributed by atoms with E-state index in [2.05, 4.69) is 12.5 Å². The van der Waals surface area contributed by atoms with Gasteiger partial charge in [-0.2, -0.15) is 0 Å². The summed E-state index contributed by atoms with van der Waals surface area (Å²) in [7, 11) is 0. The molecule has 1 rings (SSSR count). The van der Waals surface area contributed by atoms with E-state index >= 15 is 0 Å². The minimum atomic E-state index is 0.938. The summed E-state index contributed by atoms with van der Waals surface area (Å²) in [6, 6.07) is 6.06. The molecule has 0 unspecified atom stereocenters. The zero-order valence-electron chi connectivity index (χ0n) is 8.67. The smallest absolute Gasteiger partial charge is 0.0277 e. The Bertz CT molecular complexity index is 414. The van der Waals surface area contributed by atoms with Crippen LogP contribution in [0.15, 0.2) is 36.9 Å². The van der Waals surface area contributed by atoms with E-state index in [1.54, 1.807) is 0 Å². The second kappa shape index (κ2) is 4.48. The van der Waals surface area contributed by atoms with E-state index in [0.717, 1.165) is 22.3 Å². The highest BCUT2D eigenvalue weighted by Gasteiger charge is 1.98. The van der Waals surface area contributed by atoms with Crippen molar-refractivity contribution in [2.75, 3.05) is 0 Å². The normalized spacial score (nSPS) is 10.1. The minimum Gasteiger partial charge on any atom is -0.115 e. The molecule has 0 aliphatic heterocycles. The summed E-state index contributed by atoms with van der Waals surface area (Å²) >= 11 is 0. The summed E-state index contributed by atoms with van der Waals surface area (Å²) in [5, 5.41) is 0. The Morgan fingerprint density at radius 3 is 2.79 bits per heavy atom. The minimum absolute atomic E-state index is 0.938. The van der Waals surface area contributed by atoms with Gasteiger partial charge in [-0.15, -0.1) is 6.42 Å². The van der Waals surface area contributed by atoms with Crippen LogP contribution in [0.4, 0.5) is 0 Å². The largest absolute Gasteiger partial charge is 0.115 e. The first kappa shape index (κ1) is 10.3. The first-order valence-electron chi connectivity index (χ1n) is 4.58. The number of hydrogen-bond donors (Lipinski definition) is 0. The molecule has 0 saturated heterocycles. The van der Waals surface area contributed by atoms with Gasteiger partial charge in [0, 0.05) is 5.56 Å². The Hall–Kier alpha value is -1.74. The molecule has 14 heavy (non-hydrogen) atoms. The number of benzene rings is 1. The highest BCUT2D eigenvalue weighted by atomic mass is 14.0. The highest BCUT2D eigenvalue weighted by molar-refractivity contribution is 5.73. The highest BCUT2D eigenvalue weighted by Crippen LogP contribution is 2.17. The fraction of sp³-hybridized carbons (Fsp3) is 0.143. The number of hydrogen-bond acceptors (Lipinski definition) is 0. The predicted octanol–water partition coefficient (Wildman–Crippen LogP) is 3.57. The second-order valence-electron chi connectivity index (χ2n) is 3.20. The zero-order valence-corrected chi connectivity index (χ0v) is 8.67. The van der Waals surface area contributed by atoms with Gasteiger partial charge in [-0.25, -0.2) is 0 Å². The van der Waals surface area contributed by atoms with Crippen LogP contribution >= 0.6 is 0 Å². The maximum atomic E-state index is 5.40. The van der Waals surface area contributed by atoms with Gasteiger partial charge in [0.25, 0.3) is 0 Å². The van der Waals surface area contributed by atoms with Crippen molar-refractivity contribution in [1.82, 2.24) is 0 Å². The Kier molecular flexibility index (Phi) is 3.31. The lowest BCUT2D eigenvalue weighted by atomic mass is 10.0. The first-order chi connectivity index (χ1) is 6.69. The second-order valence-corrected chi connectivity index (χ2v) is 3.20. The zero-order chi connectivity index (χ0) is 10.6. The van der Waals surface area contributed by atoms with E-state index in [-0.39, 0.29) is 0 Å². The van der Waals surface area contributed by atoms with Crippen LogP contribution in [-0.4, -0.2) is 0 Å². The molecule has 0 aliphatic rings. The summed E-state index contributed by atoms with van der Waals surface area (Å²) < 4.78 is 0. The Balaban J connectivity index is 3.14. The molecule has 0 atom stereocenters. The molecular weight excluding hydrogens is 168 g/mol. The quantitative estimate of drug-likeness (QED) is 0.484. The number of aryl methyl sites for hydroxylation is 1. The summed E-state index contributed by atoms with van der Waals surface area (Å²) in [5.41, 5.74) is 4.14. The van der Waals surface area contributed by atoms with Crippen LogP contribution in [0.25, 0.3) is 5.57 Å². The molecule has 1 aromatic rings. The number of rotatable bonds is 2. The van der Waals surface area contributed by atoms with Gasteiger partial charge in [0.2, 0.25) is 0 Å². The molecule has 0 heterocycles. The van der Waals surface area contributed by atoms with E-state index in [1.165, 1.54) is 0 Å².